The summed E-state index contributed by atoms with van der Waals surface area (Å²) in [5.74, 6) is -1.30. The van der Waals surface area contributed by atoms with Gasteiger partial charge in [-0.1, -0.05) is 54.9 Å². The van der Waals surface area contributed by atoms with Crippen LogP contribution in [0.1, 0.15) is 36.2 Å². The van der Waals surface area contributed by atoms with Crippen LogP contribution in [-0.2, 0) is 14.4 Å². The molecule has 4 aromatic rings. The molecule has 0 saturated carbocycles. The van der Waals surface area contributed by atoms with E-state index in [4.69, 9.17) is 11.6 Å². The van der Waals surface area contributed by atoms with Crippen molar-refractivity contribution in [2.45, 2.75) is 30.4 Å². The van der Waals surface area contributed by atoms with Crippen LogP contribution in [0.2, 0.25) is 5.02 Å². The Morgan fingerprint density at radius 1 is 0.773 bits per heavy atom. The predicted molar refractivity (Wildman–Crippen MR) is 178 cm³/mol. The second-order valence-electron chi connectivity index (χ2n) is 9.68. The lowest BCUT2D eigenvalue weighted by molar-refractivity contribution is -0.116. The molecule has 0 aromatic heterocycles. The number of carbonyl (C=O) groups excluding carboxylic acids is 4. The Hall–Kier alpha value is -4.86. The lowest BCUT2D eigenvalue weighted by Gasteiger charge is -2.16. The SMILES string of the molecule is CCC(Sc1cccc(NC(=O)/C(=C/c2cccc(Cl)c2)NC(=O)c2ccccc2)c1)C(=O)Nc1ccc(NC(C)=O)cc1. The van der Waals surface area contributed by atoms with E-state index in [1.165, 1.54) is 18.7 Å². The molecule has 8 nitrogen and oxygen atoms in total. The zero-order valence-corrected chi connectivity index (χ0v) is 25.7. The molecule has 0 aliphatic rings. The standard InChI is InChI=1S/C34H31ClN4O4S/c1-3-31(34(43)37-27-17-15-26(16-18-27)36-22(2)40)44-29-14-8-13-28(21-29)38-33(42)30(20-23-9-7-12-25(35)19-23)39-32(41)24-10-5-4-6-11-24/h4-21,31H,3H2,1-2H3,(H,36,40)(H,37,43)(H,38,42)(H,39,41)/b30-20-. The number of rotatable bonds is 11. The van der Waals surface area contributed by atoms with Crippen LogP contribution in [0, 0.1) is 0 Å². The van der Waals surface area contributed by atoms with Gasteiger partial charge in [-0.3, -0.25) is 19.2 Å². The van der Waals surface area contributed by atoms with Crippen molar-refractivity contribution in [2.24, 2.45) is 0 Å². The molecule has 0 aliphatic heterocycles. The Labute approximate surface area is 265 Å². The molecule has 0 fully saturated rings. The largest absolute Gasteiger partial charge is 0.326 e. The number of anilines is 3. The van der Waals surface area contributed by atoms with Crippen LogP contribution in [0.3, 0.4) is 0 Å². The molecule has 0 saturated heterocycles. The fraction of sp³-hybridized carbons (Fsp3) is 0.118. The van der Waals surface area contributed by atoms with Crippen LogP contribution in [0.25, 0.3) is 6.08 Å². The van der Waals surface area contributed by atoms with Crippen LogP contribution < -0.4 is 21.3 Å². The summed E-state index contributed by atoms with van der Waals surface area (Å²) in [7, 11) is 0. The lowest BCUT2D eigenvalue weighted by atomic mass is 10.1. The number of thioether (sulfide) groups is 1. The van der Waals surface area contributed by atoms with Crippen molar-refractivity contribution >= 4 is 70.1 Å². The first-order chi connectivity index (χ1) is 21.2. The van der Waals surface area contributed by atoms with Crippen molar-refractivity contribution in [3.63, 3.8) is 0 Å². The summed E-state index contributed by atoms with van der Waals surface area (Å²) >= 11 is 7.51. The highest BCUT2D eigenvalue weighted by atomic mass is 35.5. The fourth-order valence-corrected chi connectivity index (χ4v) is 5.31. The summed E-state index contributed by atoms with van der Waals surface area (Å²) in [6.07, 6.45) is 2.12. The van der Waals surface area contributed by atoms with E-state index in [0.29, 0.717) is 39.6 Å². The molecule has 4 rings (SSSR count). The highest BCUT2D eigenvalue weighted by Gasteiger charge is 2.19. The van der Waals surface area contributed by atoms with Crippen LogP contribution in [0.15, 0.2) is 114 Å². The third-order valence-electron chi connectivity index (χ3n) is 6.19. The maximum Gasteiger partial charge on any atom is 0.272 e. The molecule has 0 bridgehead atoms. The molecule has 44 heavy (non-hydrogen) atoms. The van der Waals surface area contributed by atoms with Crippen molar-refractivity contribution in [1.29, 1.82) is 0 Å². The van der Waals surface area contributed by atoms with Gasteiger partial charge in [-0.2, -0.15) is 0 Å². The van der Waals surface area contributed by atoms with Crippen molar-refractivity contribution in [1.82, 2.24) is 5.32 Å². The maximum absolute atomic E-state index is 13.4. The molecule has 0 heterocycles. The molecule has 1 unspecified atom stereocenters. The third kappa shape index (κ3) is 9.58. The number of halogens is 1. The van der Waals surface area contributed by atoms with E-state index in [1.54, 1.807) is 103 Å². The van der Waals surface area contributed by atoms with E-state index in [2.05, 4.69) is 21.3 Å². The number of carbonyl (C=O) groups is 4. The average molecular weight is 627 g/mol. The normalized spacial score (nSPS) is 11.7. The first-order valence-corrected chi connectivity index (χ1v) is 15.1. The Morgan fingerprint density at radius 2 is 1.45 bits per heavy atom. The van der Waals surface area contributed by atoms with E-state index >= 15 is 0 Å². The zero-order chi connectivity index (χ0) is 31.5. The molecule has 0 radical (unpaired) electrons. The lowest BCUT2D eigenvalue weighted by Crippen LogP contribution is -2.30. The van der Waals surface area contributed by atoms with Gasteiger partial charge in [-0.25, -0.2) is 0 Å². The molecule has 10 heteroatoms. The minimum atomic E-state index is -0.524. The molecular formula is C34H31ClN4O4S. The molecule has 4 amide bonds. The first-order valence-electron chi connectivity index (χ1n) is 13.8. The summed E-state index contributed by atoms with van der Waals surface area (Å²) in [6, 6.07) is 29.6. The van der Waals surface area contributed by atoms with Gasteiger partial charge in [0.25, 0.3) is 11.8 Å². The second-order valence-corrected chi connectivity index (χ2v) is 11.4. The Balaban J connectivity index is 1.46. The van der Waals surface area contributed by atoms with E-state index in [9.17, 15) is 19.2 Å². The molecule has 0 aliphatic carbocycles. The maximum atomic E-state index is 13.4. The Morgan fingerprint density at radius 3 is 2.11 bits per heavy atom. The van der Waals surface area contributed by atoms with Gasteiger partial charge >= 0.3 is 0 Å². The second kappa shape index (κ2) is 15.6. The van der Waals surface area contributed by atoms with E-state index in [0.717, 1.165) is 4.90 Å². The zero-order valence-electron chi connectivity index (χ0n) is 24.1. The quantitative estimate of drug-likeness (QED) is 0.104. The van der Waals surface area contributed by atoms with Crippen LogP contribution in [0.5, 0.6) is 0 Å². The van der Waals surface area contributed by atoms with Gasteiger partial charge in [0.2, 0.25) is 11.8 Å². The van der Waals surface area contributed by atoms with Crippen LogP contribution in [-0.4, -0.2) is 28.9 Å². The van der Waals surface area contributed by atoms with Crippen molar-refractivity contribution < 1.29 is 19.2 Å². The Bertz CT molecular complexity index is 1680. The Kier molecular flexibility index (Phi) is 11.3. The van der Waals surface area contributed by atoms with Gasteiger partial charge in [-0.05, 0) is 84.8 Å². The van der Waals surface area contributed by atoms with Crippen molar-refractivity contribution in [3.8, 4) is 0 Å². The number of amides is 4. The first kappa shape index (κ1) is 32.1. The molecule has 224 valence electrons. The van der Waals surface area contributed by atoms with E-state index in [-0.39, 0.29) is 17.5 Å². The van der Waals surface area contributed by atoms with Gasteiger partial charge in [0, 0.05) is 39.5 Å². The highest BCUT2D eigenvalue weighted by Crippen LogP contribution is 2.29. The molecule has 0 spiro atoms. The van der Waals surface area contributed by atoms with Crippen molar-refractivity contribution in [3.05, 3.63) is 125 Å². The van der Waals surface area contributed by atoms with Gasteiger partial charge < -0.3 is 21.3 Å². The minimum Gasteiger partial charge on any atom is -0.326 e. The summed E-state index contributed by atoms with van der Waals surface area (Å²) < 4.78 is 0. The van der Waals surface area contributed by atoms with Gasteiger partial charge in [-0.15, -0.1) is 11.8 Å². The summed E-state index contributed by atoms with van der Waals surface area (Å²) in [4.78, 5) is 51.4. The summed E-state index contributed by atoms with van der Waals surface area (Å²) in [5.41, 5.74) is 2.83. The molecule has 4 aromatic carbocycles. The predicted octanol–water partition coefficient (Wildman–Crippen LogP) is 7.22. The van der Waals surface area contributed by atoms with Crippen molar-refractivity contribution in [2.75, 3.05) is 16.0 Å². The van der Waals surface area contributed by atoms with Gasteiger partial charge in [0.15, 0.2) is 0 Å². The number of benzene rings is 4. The van der Waals surface area contributed by atoms with Crippen LogP contribution >= 0.6 is 23.4 Å². The summed E-state index contributed by atoms with van der Waals surface area (Å²) in [5, 5.41) is 11.3. The average Bonchev–Trinajstić information content (AvgIpc) is 3.01. The topological polar surface area (TPSA) is 116 Å². The van der Waals surface area contributed by atoms with Gasteiger partial charge in [0.05, 0.1) is 5.25 Å². The number of nitrogens with one attached hydrogen (secondary N) is 4. The highest BCUT2D eigenvalue weighted by molar-refractivity contribution is 8.00. The number of hydrogen-bond acceptors (Lipinski definition) is 5. The smallest absolute Gasteiger partial charge is 0.272 e. The van der Waals surface area contributed by atoms with E-state index in [1.807, 2.05) is 13.0 Å². The van der Waals surface area contributed by atoms with E-state index < -0.39 is 17.1 Å². The van der Waals surface area contributed by atoms with Crippen LogP contribution in [0.4, 0.5) is 17.1 Å². The minimum absolute atomic E-state index is 0.0366. The number of hydrogen-bond donors (Lipinski definition) is 4. The summed E-state index contributed by atoms with van der Waals surface area (Å²) in [6.45, 7) is 3.35. The molecular weight excluding hydrogens is 596 g/mol. The fourth-order valence-electron chi connectivity index (χ4n) is 4.10. The molecule has 4 N–H and O–H groups in total. The monoisotopic (exact) mass is 626 g/mol. The molecule has 1 atom stereocenters. The third-order valence-corrected chi connectivity index (χ3v) is 7.79. The van der Waals surface area contributed by atoms with Gasteiger partial charge in [0.1, 0.15) is 5.70 Å².